The Bertz CT molecular complexity index is 182. The van der Waals surface area contributed by atoms with Crippen LogP contribution in [0.4, 0.5) is 0 Å². The van der Waals surface area contributed by atoms with Gasteiger partial charge in [-0.3, -0.25) is 9.05 Å². The molecule has 12 heavy (non-hydrogen) atoms. The number of phosphoric acid groups is 1. The first-order valence-electron chi connectivity index (χ1n) is 3.84. The van der Waals surface area contributed by atoms with E-state index in [1.165, 1.54) is 0 Å². The van der Waals surface area contributed by atoms with Gasteiger partial charge in [0.2, 0.25) is 0 Å². The van der Waals surface area contributed by atoms with Crippen LogP contribution in [0.1, 0.15) is 34.6 Å². The SMILES string of the molecule is CC(C)OP(=O)(O)OC(C)(C)C. The molecule has 0 bridgehead atoms. The highest BCUT2D eigenvalue weighted by Gasteiger charge is 2.29. The standard InChI is InChI=1S/C7H17O4P/c1-6(2)10-12(8,9)11-7(3,4)5/h6H,1-5H3,(H,8,9). The molecule has 0 radical (unpaired) electrons. The minimum atomic E-state index is -3.87. The summed E-state index contributed by atoms with van der Waals surface area (Å²) in [6.45, 7) is 8.43. The maximum atomic E-state index is 11.2. The van der Waals surface area contributed by atoms with Gasteiger partial charge in [-0.2, -0.15) is 0 Å². The molecule has 0 aliphatic heterocycles. The van der Waals surface area contributed by atoms with E-state index < -0.39 is 13.4 Å². The van der Waals surface area contributed by atoms with Crippen molar-refractivity contribution in [2.75, 3.05) is 0 Å². The van der Waals surface area contributed by atoms with Gasteiger partial charge in [-0.15, -0.1) is 0 Å². The molecular weight excluding hydrogens is 179 g/mol. The highest BCUT2D eigenvalue weighted by molar-refractivity contribution is 7.47. The van der Waals surface area contributed by atoms with Crippen LogP contribution < -0.4 is 0 Å². The third-order valence-electron chi connectivity index (χ3n) is 0.733. The molecule has 0 aromatic heterocycles. The molecule has 0 aromatic rings. The van der Waals surface area contributed by atoms with Gasteiger partial charge in [0.05, 0.1) is 11.7 Å². The Kier molecular flexibility index (Phi) is 3.91. The zero-order valence-corrected chi connectivity index (χ0v) is 9.09. The van der Waals surface area contributed by atoms with Gasteiger partial charge >= 0.3 is 7.82 Å². The summed E-state index contributed by atoms with van der Waals surface area (Å²) in [4.78, 5) is 9.13. The molecule has 0 saturated carbocycles. The summed E-state index contributed by atoms with van der Waals surface area (Å²) >= 11 is 0. The van der Waals surface area contributed by atoms with Crippen molar-refractivity contribution in [3.63, 3.8) is 0 Å². The number of phosphoric ester groups is 1. The minimum Gasteiger partial charge on any atom is -0.302 e. The predicted octanol–water partition coefficient (Wildman–Crippen LogP) is 2.33. The van der Waals surface area contributed by atoms with Crippen LogP contribution in [0.3, 0.4) is 0 Å². The predicted molar refractivity (Wildman–Crippen MR) is 46.9 cm³/mol. The first-order chi connectivity index (χ1) is 5.12. The van der Waals surface area contributed by atoms with Crippen LogP contribution in [0.15, 0.2) is 0 Å². The summed E-state index contributed by atoms with van der Waals surface area (Å²) in [6, 6.07) is 0. The molecule has 0 heterocycles. The Morgan fingerprint density at radius 2 is 1.75 bits per heavy atom. The molecule has 5 heteroatoms. The van der Waals surface area contributed by atoms with Crippen molar-refractivity contribution >= 4 is 7.82 Å². The topological polar surface area (TPSA) is 55.8 Å². The van der Waals surface area contributed by atoms with Crippen molar-refractivity contribution in [1.82, 2.24) is 0 Å². The van der Waals surface area contributed by atoms with Crippen LogP contribution in [0.2, 0.25) is 0 Å². The van der Waals surface area contributed by atoms with E-state index in [1.54, 1.807) is 34.6 Å². The summed E-state index contributed by atoms with van der Waals surface area (Å²) in [6.07, 6.45) is -0.316. The summed E-state index contributed by atoms with van der Waals surface area (Å²) in [5.41, 5.74) is -0.667. The van der Waals surface area contributed by atoms with Crippen molar-refractivity contribution in [1.29, 1.82) is 0 Å². The molecule has 0 rings (SSSR count). The normalized spacial score (nSPS) is 17.9. The third-order valence-corrected chi connectivity index (χ3v) is 2.20. The molecule has 1 unspecified atom stereocenters. The molecule has 1 atom stereocenters. The van der Waals surface area contributed by atoms with Gasteiger partial charge in [0.15, 0.2) is 0 Å². The first-order valence-corrected chi connectivity index (χ1v) is 5.34. The zero-order chi connectivity index (χ0) is 9.99. The lowest BCUT2D eigenvalue weighted by atomic mass is 10.2. The van der Waals surface area contributed by atoms with E-state index in [-0.39, 0.29) is 6.10 Å². The van der Waals surface area contributed by atoms with E-state index in [2.05, 4.69) is 0 Å². The quantitative estimate of drug-likeness (QED) is 0.704. The molecule has 0 saturated heterocycles. The van der Waals surface area contributed by atoms with Gasteiger partial charge in [-0.1, -0.05) is 0 Å². The van der Waals surface area contributed by atoms with E-state index in [9.17, 15) is 4.57 Å². The lowest BCUT2D eigenvalue weighted by Crippen LogP contribution is -2.19. The van der Waals surface area contributed by atoms with E-state index in [0.29, 0.717) is 0 Å². The average molecular weight is 196 g/mol. The fourth-order valence-corrected chi connectivity index (χ4v) is 1.90. The molecule has 0 aliphatic carbocycles. The molecule has 0 aromatic carbocycles. The first kappa shape index (κ1) is 12.1. The van der Waals surface area contributed by atoms with Crippen LogP contribution in [-0.2, 0) is 13.6 Å². The van der Waals surface area contributed by atoms with Gasteiger partial charge in [0.25, 0.3) is 0 Å². The average Bonchev–Trinajstić information content (AvgIpc) is 1.48. The van der Waals surface area contributed by atoms with Gasteiger partial charge in [-0.05, 0) is 34.6 Å². The Balaban J connectivity index is 4.15. The van der Waals surface area contributed by atoms with Crippen LogP contribution in [-0.4, -0.2) is 16.6 Å². The lowest BCUT2D eigenvalue weighted by Gasteiger charge is -2.23. The lowest BCUT2D eigenvalue weighted by molar-refractivity contribution is 0.0493. The van der Waals surface area contributed by atoms with Crippen LogP contribution in [0.5, 0.6) is 0 Å². The van der Waals surface area contributed by atoms with Gasteiger partial charge < -0.3 is 4.89 Å². The maximum absolute atomic E-state index is 11.2. The van der Waals surface area contributed by atoms with Gasteiger partial charge in [-0.25, -0.2) is 4.57 Å². The Morgan fingerprint density at radius 1 is 1.33 bits per heavy atom. The summed E-state index contributed by atoms with van der Waals surface area (Å²) < 4.78 is 20.7. The second-order valence-corrected chi connectivity index (χ2v) is 5.16. The van der Waals surface area contributed by atoms with E-state index in [0.717, 1.165) is 0 Å². The smallest absolute Gasteiger partial charge is 0.302 e. The third kappa shape index (κ3) is 6.80. The van der Waals surface area contributed by atoms with Gasteiger partial charge in [0.1, 0.15) is 0 Å². The molecule has 4 nitrogen and oxygen atoms in total. The summed E-state index contributed by atoms with van der Waals surface area (Å²) in [7, 11) is -3.87. The second kappa shape index (κ2) is 3.88. The van der Waals surface area contributed by atoms with E-state index >= 15 is 0 Å². The molecule has 74 valence electrons. The molecule has 1 N–H and O–H groups in total. The zero-order valence-electron chi connectivity index (χ0n) is 8.20. The van der Waals surface area contributed by atoms with Crippen LogP contribution in [0, 0.1) is 0 Å². The summed E-state index contributed by atoms with van der Waals surface area (Å²) in [5.74, 6) is 0. The fourth-order valence-electron chi connectivity index (χ4n) is 0.634. The largest absolute Gasteiger partial charge is 0.472 e. The molecule has 0 spiro atoms. The molecule has 0 fully saturated rings. The fraction of sp³-hybridized carbons (Fsp3) is 1.00. The highest BCUT2D eigenvalue weighted by atomic mass is 31.2. The molecular formula is C7H17O4P. The second-order valence-electron chi connectivity index (χ2n) is 3.83. The number of hydrogen-bond donors (Lipinski definition) is 1. The number of rotatable bonds is 3. The maximum Gasteiger partial charge on any atom is 0.472 e. The molecule has 0 amide bonds. The monoisotopic (exact) mass is 196 g/mol. The van der Waals surface area contributed by atoms with Crippen LogP contribution in [0.25, 0.3) is 0 Å². The highest BCUT2D eigenvalue weighted by Crippen LogP contribution is 2.48. The Labute approximate surface area is 73.5 Å². The van der Waals surface area contributed by atoms with Crippen molar-refractivity contribution in [3.05, 3.63) is 0 Å². The van der Waals surface area contributed by atoms with Crippen LogP contribution >= 0.6 is 7.82 Å². The van der Waals surface area contributed by atoms with Crippen molar-refractivity contribution < 1.29 is 18.5 Å². The van der Waals surface area contributed by atoms with Gasteiger partial charge in [0, 0.05) is 0 Å². The van der Waals surface area contributed by atoms with Crippen molar-refractivity contribution in [2.24, 2.45) is 0 Å². The Morgan fingerprint density at radius 3 is 2.00 bits per heavy atom. The van der Waals surface area contributed by atoms with Crippen molar-refractivity contribution in [2.45, 2.75) is 46.3 Å². The Hall–Kier alpha value is 0.110. The molecule has 0 aliphatic rings. The van der Waals surface area contributed by atoms with Crippen molar-refractivity contribution in [3.8, 4) is 0 Å². The van der Waals surface area contributed by atoms with E-state index in [4.69, 9.17) is 13.9 Å². The minimum absolute atomic E-state index is 0.316. The van der Waals surface area contributed by atoms with E-state index in [1.807, 2.05) is 0 Å². The number of hydrogen-bond acceptors (Lipinski definition) is 3. The summed E-state index contributed by atoms with van der Waals surface area (Å²) in [5, 5.41) is 0.